The zero-order valence-electron chi connectivity index (χ0n) is 13.5. The van der Waals surface area contributed by atoms with Gasteiger partial charge < -0.3 is 5.11 Å². The number of nitrogens with zero attached hydrogens (tertiary/aromatic N) is 1. The first-order chi connectivity index (χ1) is 12.5. The summed E-state index contributed by atoms with van der Waals surface area (Å²) in [5.41, 5.74) is 7.86. The predicted octanol–water partition coefficient (Wildman–Crippen LogP) is 2.02. The molecule has 0 radical (unpaired) electrons. The van der Waals surface area contributed by atoms with Gasteiger partial charge in [0.05, 0.1) is 11.1 Å². The molecule has 1 heterocycles. The number of ketones is 2. The molecule has 0 unspecified atom stereocenters. The molecule has 0 amide bonds. The predicted molar refractivity (Wildman–Crippen MR) is 92.7 cm³/mol. The number of benzene rings is 2. The van der Waals surface area contributed by atoms with E-state index in [2.05, 4.69) is 0 Å². The van der Waals surface area contributed by atoms with Gasteiger partial charge >= 0.3 is 5.97 Å². The van der Waals surface area contributed by atoms with Crippen LogP contribution in [0.1, 0.15) is 42.2 Å². The van der Waals surface area contributed by atoms with Crippen molar-refractivity contribution in [2.24, 2.45) is 0 Å². The van der Waals surface area contributed by atoms with Crippen molar-refractivity contribution in [1.82, 2.24) is 0 Å². The standard InChI is InChI=1S/C20H12N2O4/c21-17-9-15-16(19(24)14-7-2-1-6-13(14)18(15)23)10-22(17)12-5-3-4-11(8-12)20(25)26/h1-10,21H,(H,25,26)/p+1. The Balaban J connectivity index is 1.92. The number of pyridine rings is 1. The van der Waals surface area contributed by atoms with E-state index >= 15 is 0 Å². The maximum Gasteiger partial charge on any atom is 0.335 e. The van der Waals surface area contributed by atoms with Crippen molar-refractivity contribution in [3.8, 4) is 5.69 Å². The van der Waals surface area contributed by atoms with Crippen LogP contribution >= 0.6 is 0 Å². The van der Waals surface area contributed by atoms with E-state index in [1.807, 2.05) is 0 Å². The lowest BCUT2D eigenvalue weighted by molar-refractivity contribution is -0.580. The summed E-state index contributed by atoms with van der Waals surface area (Å²) in [4.78, 5) is 36.7. The number of hydrogen-bond donors (Lipinski definition) is 2. The van der Waals surface area contributed by atoms with E-state index < -0.39 is 5.97 Å². The van der Waals surface area contributed by atoms with Crippen molar-refractivity contribution in [1.29, 1.82) is 0 Å². The van der Waals surface area contributed by atoms with Gasteiger partial charge in [-0.3, -0.25) is 15.3 Å². The fraction of sp³-hybridized carbons (Fsp3) is 0. The van der Waals surface area contributed by atoms with E-state index in [0.29, 0.717) is 16.8 Å². The van der Waals surface area contributed by atoms with Gasteiger partial charge in [-0.15, -0.1) is 0 Å². The zero-order chi connectivity index (χ0) is 18.4. The Bertz CT molecular complexity index is 1120. The van der Waals surface area contributed by atoms with Crippen LogP contribution in [-0.4, -0.2) is 22.6 Å². The molecule has 0 bridgehead atoms. The summed E-state index contributed by atoms with van der Waals surface area (Å²) < 4.78 is 1.50. The first-order valence-corrected chi connectivity index (χ1v) is 7.84. The second kappa shape index (κ2) is 5.63. The van der Waals surface area contributed by atoms with Crippen LogP contribution in [0.3, 0.4) is 0 Å². The van der Waals surface area contributed by atoms with E-state index in [9.17, 15) is 14.4 Å². The number of rotatable bonds is 2. The number of anilines is 1. The lowest BCUT2D eigenvalue weighted by Gasteiger charge is -2.17. The lowest BCUT2D eigenvalue weighted by Crippen LogP contribution is -2.37. The first-order valence-electron chi connectivity index (χ1n) is 7.84. The van der Waals surface area contributed by atoms with Gasteiger partial charge in [-0.25, -0.2) is 4.79 Å². The number of nitrogens with two attached hydrogens (primary N) is 1. The summed E-state index contributed by atoms with van der Waals surface area (Å²) in [7, 11) is 0. The highest BCUT2D eigenvalue weighted by molar-refractivity contribution is 6.28. The Morgan fingerprint density at radius 2 is 1.50 bits per heavy atom. The van der Waals surface area contributed by atoms with Gasteiger partial charge in [-0.2, -0.15) is 4.57 Å². The number of hydrogen-bond acceptors (Lipinski definition) is 4. The number of carboxylic acid groups (broad SMARTS) is 1. The van der Waals surface area contributed by atoms with Crippen LogP contribution in [0.15, 0.2) is 60.8 Å². The fourth-order valence-corrected chi connectivity index (χ4v) is 3.12. The minimum Gasteiger partial charge on any atom is -0.478 e. The normalized spacial score (nSPS) is 12.5. The van der Waals surface area contributed by atoms with Crippen molar-refractivity contribution in [3.63, 3.8) is 0 Å². The number of carboxylic acids is 1. The fourth-order valence-electron chi connectivity index (χ4n) is 3.12. The molecule has 26 heavy (non-hydrogen) atoms. The number of fused-ring (bicyclic) bond motifs is 2. The van der Waals surface area contributed by atoms with Gasteiger partial charge in [-0.05, 0) is 18.2 Å². The average Bonchev–Trinajstić information content (AvgIpc) is 2.66. The largest absolute Gasteiger partial charge is 0.478 e. The molecule has 1 aromatic heterocycles. The van der Waals surface area contributed by atoms with Crippen LogP contribution < -0.4 is 10.3 Å². The van der Waals surface area contributed by atoms with Crippen LogP contribution in [0.2, 0.25) is 0 Å². The molecule has 1 aliphatic carbocycles. The topological polar surface area (TPSA) is 101 Å². The molecule has 0 aliphatic heterocycles. The van der Waals surface area contributed by atoms with Crippen LogP contribution in [0.25, 0.3) is 5.69 Å². The van der Waals surface area contributed by atoms with Gasteiger partial charge in [0.1, 0.15) is 11.9 Å². The Morgan fingerprint density at radius 3 is 2.15 bits per heavy atom. The maximum atomic E-state index is 12.8. The third-order valence-corrected chi connectivity index (χ3v) is 4.40. The minimum atomic E-state index is -1.07. The Kier molecular flexibility index (Phi) is 3.40. The summed E-state index contributed by atoms with van der Waals surface area (Å²) in [6, 6.07) is 14.3. The van der Waals surface area contributed by atoms with Crippen molar-refractivity contribution in [2.75, 3.05) is 5.73 Å². The van der Waals surface area contributed by atoms with Gasteiger partial charge in [-0.1, -0.05) is 30.3 Å². The Labute approximate surface area is 148 Å². The van der Waals surface area contributed by atoms with E-state index in [-0.39, 0.29) is 34.1 Å². The summed E-state index contributed by atoms with van der Waals surface area (Å²) in [6.07, 6.45) is 1.49. The highest BCUT2D eigenvalue weighted by Gasteiger charge is 2.32. The highest BCUT2D eigenvalue weighted by Crippen LogP contribution is 2.27. The van der Waals surface area contributed by atoms with Gasteiger partial charge in [0.25, 0.3) is 5.82 Å². The molecule has 1 aliphatic rings. The number of aromatic carboxylic acids is 1. The first kappa shape index (κ1) is 15.7. The molecule has 6 heteroatoms. The van der Waals surface area contributed by atoms with Gasteiger partial charge in [0.15, 0.2) is 11.6 Å². The third-order valence-electron chi connectivity index (χ3n) is 4.40. The molecule has 6 nitrogen and oxygen atoms in total. The summed E-state index contributed by atoms with van der Waals surface area (Å²) in [5.74, 6) is -1.36. The zero-order valence-corrected chi connectivity index (χ0v) is 13.5. The second-order valence-corrected chi connectivity index (χ2v) is 5.95. The molecule has 3 aromatic rings. The molecule has 0 spiro atoms. The highest BCUT2D eigenvalue weighted by atomic mass is 16.4. The molecule has 0 saturated heterocycles. The molecular formula is C20H13N2O4+. The van der Waals surface area contributed by atoms with Crippen molar-refractivity contribution in [3.05, 3.63) is 88.6 Å². The summed E-state index contributed by atoms with van der Waals surface area (Å²) >= 11 is 0. The number of carbonyl (C=O) groups excluding carboxylic acids is 2. The van der Waals surface area contributed by atoms with Gasteiger partial charge in [0, 0.05) is 22.8 Å². The van der Waals surface area contributed by atoms with Gasteiger partial charge in [0.2, 0.25) is 0 Å². The molecule has 3 N–H and O–H groups in total. The lowest BCUT2D eigenvalue weighted by atomic mass is 9.85. The molecule has 0 atom stereocenters. The number of aromatic nitrogens is 1. The quantitative estimate of drug-likeness (QED) is 0.541. The Morgan fingerprint density at radius 1 is 0.846 bits per heavy atom. The average molecular weight is 345 g/mol. The van der Waals surface area contributed by atoms with Crippen molar-refractivity contribution >= 4 is 23.4 Å². The molecule has 0 fully saturated rings. The van der Waals surface area contributed by atoms with Crippen LogP contribution in [0, 0.1) is 0 Å². The van der Waals surface area contributed by atoms with E-state index in [1.54, 1.807) is 36.4 Å². The maximum absolute atomic E-state index is 12.8. The SMILES string of the molecule is Nc1cc2c(c[n+]1-c1cccc(C(=O)O)c1)C(=O)c1ccccc1C2=O. The smallest absolute Gasteiger partial charge is 0.335 e. The van der Waals surface area contributed by atoms with E-state index in [1.165, 1.54) is 29.0 Å². The number of nitrogen functional groups attached to an aromatic ring is 1. The van der Waals surface area contributed by atoms with Crippen molar-refractivity contribution in [2.45, 2.75) is 0 Å². The third kappa shape index (κ3) is 2.28. The molecule has 126 valence electrons. The number of carbonyl (C=O) groups is 3. The molecular weight excluding hydrogens is 332 g/mol. The Hall–Kier alpha value is -3.80. The summed E-state index contributed by atoms with van der Waals surface area (Å²) in [5, 5.41) is 9.16. The summed E-state index contributed by atoms with van der Waals surface area (Å²) in [6.45, 7) is 0. The van der Waals surface area contributed by atoms with Crippen LogP contribution in [-0.2, 0) is 0 Å². The molecule has 4 rings (SSSR count). The monoisotopic (exact) mass is 345 g/mol. The van der Waals surface area contributed by atoms with Crippen LogP contribution in [0.4, 0.5) is 5.82 Å². The van der Waals surface area contributed by atoms with Crippen LogP contribution in [0.5, 0.6) is 0 Å². The van der Waals surface area contributed by atoms with E-state index in [0.717, 1.165) is 0 Å². The second-order valence-electron chi connectivity index (χ2n) is 5.95. The molecule has 0 saturated carbocycles. The minimum absolute atomic E-state index is 0.0971. The molecule has 2 aromatic carbocycles. The van der Waals surface area contributed by atoms with E-state index in [4.69, 9.17) is 10.8 Å². The van der Waals surface area contributed by atoms with Crippen molar-refractivity contribution < 1.29 is 24.1 Å².